The van der Waals surface area contributed by atoms with E-state index >= 15 is 0 Å². The van der Waals surface area contributed by atoms with Crippen molar-refractivity contribution in [3.8, 4) is 6.07 Å². The molecule has 5 nitrogen and oxygen atoms in total. The van der Waals surface area contributed by atoms with Crippen molar-refractivity contribution in [2.45, 2.75) is 13.3 Å². The Morgan fingerprint density at radius 1 is 1.20 bits per heavy atom. The maximum absolute atomic E-state index is 13.1. The molecule has 0 aliphatic carbocycles. The largest absolute Gasteiger partial charge is 0.354 e. The molecule has 0 saturated carbocycles. The van der Waals surface area contributed by atoms with Crippen LogP contribution in [0.4, 0.5) is 10.1 Å². The summed E-state index contributed by atoms with van der Waals surface area (Å²) in [5.41, 5.74) is 1.65. The van der Waals surface area contributed by atoms with E-state index in [2.05, 4.69) is 5.32 Å². The molecule has 0 aliphatic rings. The third-order valence-corrected chi connectivity index (χ3v) is 3.58. The molecule has 2 aromatic carbocycles. The first-order chi connectivity index (χ1) is 12.0. The highest BCUT2D eigenvalue weighted by Gasteiger charge is 2.12. The van der Waals surface area contributed by atoms with Gasteiger partial charge in [-0.05, 0) is 35.9 Å². The van der Waals surface area contributed by atoms with Crippen LogP contribution in [0, 0.1) is 17.1 Å². The van der Waals surface area contributed by atoms with Gasteiger partial charge >= 0.3 is 0 Å². The number of carbonyl (C=O) groups excluding carboxylic acids is 2. The Bertz CT molecular complexity index is 814. The van der Waals surface area contributed by atoms with Gasteiger partial charge in [0.2, 0.25) is 11.8 Å². The van der Waals surface area contributed by atoms with Crippen LogP contribution in [0.15, 0.2) is 48.5 Å². The minimum Gasteiger partial charge on any atom is -0.354 e. The summed E-state index contributed by atoms with van der Waals surface area (Å²) < 4.78 is 13.1. The molecule has 0 unspecified atom stereocenters. The fourth-order valence-corrected chi connectivity index (χ4v) is 2.41. The molecule has 0 atom stereocenters. The lowest BCUT2D eigenvalue weighted by Gasteiger charge is -2.21. The van der Waals surface area contributed by atoms with Crippen molar-refractivity contribution in [2.24, 2.45) is 0 Å². The first kappa shape index (κ1) is 18.1. The van der Waals surface area contributed by atoms with E-state index in [1.807, 2.05) is 6.07 Å². The van der Waals surface area contributed by atoms with Crippen LogP contribution in [0.25, 0.3) is 0 Å². The van der Waals surface area contributed by atoms with Gasteiger partial charge in [-0.2, -0.15) is 5.26 Å². The third kappa shape index (κ3) is 5.43. The second-order valence-corrected chi connectivity index (χ2v) is 5.49. The van der Waals surface area contributed by atoms with Crippen LogP contribution in [-0.4, -0.2) is 24.9 Å². The number of amides is 2. The van der Waals surface area contributed by atoms with E-state index in [0.717, 1.165) is 0 Å². The van der Waals surface area contributed by atoms with Gasteiger partial charge in [-0.25, -0.2) is 4.39 Å². The van der Waals surface area contributed by atoms with Crippen molar-refractivity contribution in [3.05, 3.63) is 65.5 Å². The van der Waals surface area contributed by atoms with Gasteiger partial charge in [0.05, 0.1) is 18.1 Å². The second-order valence-electron chi connectivity index (χ2n) is 5.49. The number of anilines is 1. The van der Waals surface area contributed by atoms with Gasteiger partial charge in [0.1, 0.15) is 5.82 Å². The second kappa shape index (κ2) is 8.60. The molecule has 128 valence electrons. The van der Waals surface area contributed by atoms with Gasteiger partial charge in [-0.1, -0.05) is 18.2 Å². The minimum absolute atomic E-state index is 0.0712. The van der Waals surface area contributed by atoms with Crippen molar-refractivity contribution in [2.75, 3.05) is 18.0 Å². The Kier molecular flexibility index (Phi) is 6.24. The lowest BCUT2D eigenvalue weighted by atomic mass is 10.1. The fraction of sp³-hybridized carbons (Fsp3) is 0.211. The van der Waals surface area contributed by atoms with Crippen molar-refractivity contribution < 1.29 is 14.0 Å². The SMILES string of the molecule is CC(=O)N(CCNC(=O)Cc1cccc(F)c1)c1cccc(C#N)c1. The predicted octanol–water partition coefficient (Wildman–Crippen LogP) is 2.41. The summed E-state index contributed by atoms with van der Waals surface area (Å²) in [7, 11) is 0. The molecule has 0 bridgehead atoms. The summed E-state index contributed by atoms with van der Waals surface area (Å²) in [6.45, 7) is 1.96. The number of halogens is 1. The topological polar surface area (TPSA) is 73.2 Å². The molecule has 0 saturated heterocycles. The Hall–Kier alpha value is -3.20. The first-order valence-corrected chi connectivity index (χ1v) is 7.79. The van der Waals surface area contributed by atoms with E-state index in [1.165, 1.54) is 24.0 Å². The van der Waals surface area contributed by atoms with E-state index in [-0.39, 0.29) is 37.1 Å². The van der Waals surface area contributed by atoms with Crippen molar-refractivity contribution in [1.29, 1.82) is 5.26 Å². The zero-order valence-corrected chi connectivity index (χ0v) is 13.8. The first-order valence-electron chi connectivity index (χ1n) is 7.79. The van der Waals surface area contributed by atoms with E-state index in [0.29, 0.717) is 16.8 Å². The monoisotopic (exact) mass is 339 g/mol. The van der Waals surface area contributed by atoms with Crippen molar-refractivity contribution in [1.82, 2.24) is 5.32 Å². The normalized spacial score (nSPS) is 9.96. The molecule has 0 fully saturated rings. The van der Waals surface area contributed by atoms with Crippen LogP contribution in [0.2, 0.25) is 0 Å². The number of carbonyl (C=O) groups is 2. The molecule has 6 heteroatoms. The number of hydrogen-bond donors (Lipinski definition) is 1. The van der Waals surface area contributed by atoms with Crippen LogP contribution in [0.1, 0.15) is 18.1 Å². The number of nitrogens with one attached hydrogen (secondary N) is 1. The Morgan fingerprint density at radius 3 is 2.64 bits per heavy atom. The van der Waals surface area contributed by atoms with E-state index in [9.17, 15) is 14.0 Å². The third-order valence-electron chi connectivity index (χ3n) is 3.58. The van der Waals surface area contributed by atoms with Crippen LogP contribution in [-0.2, 0) is 16.0 Å². The van der Waals surface area contributed by atoms with Crippen molar-refractivity contribution in [3.63, 3.8) is 0 Å². The average Bonchev–Trinajstić information content (AvgIpc) is 2.58. The number of nitrogens with zero attached hydrogens (tertiary/aromatic N) is 2. The standard InChI is InChI=1S/C19H18FN3O2/c1-14(24)23(18-7-3-5-16(11-18)13-21)9-8-22-19(25)12-15-4-2-6-17(20)10-15/h2-7,10-11H,8-9,12H2,1H3,(H,22,25). The lowest BCUT2D eigenvalue weighted by molar-refractivity contribution is -0.121. The molecule has 1 N–H and O–H groups in total. The lowest BCUT2D eigenvalue weighted by Crippen LogP contribution is -2.38. The summed E-state index contributed by atoms with van der Waals surface area (Å²) in [6, 6.07) is 14.6. The van der Waals surface area contributed by atoms with Crippen LogP contribution in [0.3, 0.4) is 0 Å². The molecule has 0 aromatic heterocycles. The maximum Gasteiger partial charge on any atom is 0.224 e. The van der Waals surface area contributed by atoms with Gasteiger partial charge in [-0.15, -0.1) is 0 Å². The zero-order valence-electron chi connectivity index (χ0n) is 13.8. The predicted molar refractivity (Wildman–Crippen MR) is 92.3 cm³/mol. The fourth-order valence-electron chi connectivity index (χ4n) is 2.41. The molecule has 0 radical (unpaired) electrons. The van der Waals surface area contributed by atoms with E-state index in [4.69, 9.17) is 5.26 Å². The highest BCUT2D eigenvalue weighted by Crippen LogP contribution is 2.15. The van der Waals surface area contributed by atoms with Crippen LogP contribution >= 0.6 is 0 Å². The number of rotatable bonds is 6. The average molecular weight is 339 g/mol. The number of nitriles is 1. The maximum atomic E-state index is 13.1. The summed E-state index contributed by atoms with van der Waals surface area (Å²) in [5.74, 6) is -0.820. The quantitative estimate of drug-likeness (QED) is 0.878. The van der Waals surface area contributed by atoms with Gasteiger partial charge < -0.3 is 10.2 Å². The zero-order chi connectivity index (χ0) is 18.2. The number of benzene rings is 2. The minimum atomic E-state index is -0.384. The Balaban J connectivity index is 1.92. The molecule has 2 amide bonds. The van der Waals surface area contributed by atoms with Gasteiger partial charge in [0.15, 0.2) is 0 Å². The van der Waals surface area contributed by atoms with Gasteiger partial charge in [0.25, 0.3) is 0 Å². The summed E-state index contributed by atoms with van der Waals surface area (Å²) in [5, 5.41) is 11.7. The number of hydrogen-bond acceptors (Lipinski definition) is 3. The summed E-state index contributed by atoms with van der Waals surface area (Å²) >= 11 is 0. The van der Waals surface area contributed by atoms with E-state index < -0.39 is 0 Å². The van der Waals surface area contributed by atoms with Crippen LogP contribution in [0.5, 0.6) is 0 Å². The smallest absolute Gasteiger partial charge is 0.224 e. The molecule has 2 rings (SSSR count). The van der Waals surface area contributed by atoms with Crippen LogP contribution < -0.4 is 10.2 Å². The molecular weight excluding hydrogens is 321 g/mol. The molecular formula is C19H18FN3O2. The highest BCUT2D eigenvalue weighted by molar-refractivity contribution is 5.91. The highest BCUT2D eigenvalue weighted by atomic mass is 19.1. The van der Waals surface area contributed by atoms with Gasteiger partial charge in [-0.3, -0.25) is 9.59 Å². The Morgan fingerprint density at radius 2 is 1.96 bits per heavy atom. The summed E-state index contributed by atoms with van der Waals surface area (Å²) in [6.07, 6.45) is 0.0712. The molecule has 25 heavy (non-hydrogen) atoms. The molecule has 0 heterocycles. The van der Waals surface area contributed by atoms with E-state index in [1.54, 1.807) is 36.4 Å². The molecule has 0 aliphatic heterocycles. The van der Waals surface area contributed by atoms with Crippen molar-refractivity contribution >= 4 is 17.5 Å². The molecule has 2 aromatic rings. The molecule has 0 spiro atoms. The summed E-state index contributed by atoms with van der Waals surface area (Å²) in [4.78, 5) is 25.3. The van der Waals surface area contributed by atoms with Gasteiger partial charge in [0, 0.05) is 25.7 Å². The Labute approximate surface area is 145 Å².